The molecule has 1 saturated carbocycles. The molecule has 1 aromatic carbocycles. The molecule has 2 N–H and O–H groups in total. The summed E-state index contributed by atoms with van der Waals surface area (Å²) in [7, 11) is 0. The maximum Gasteiger partial charge on any atom is 0.123 e. The second-order valence-electron chi connectivity index (χ2n) is 6.11. The zero-order valence-electron chi connectivity index (χ0n) is 11.8. The summed E-state index contributed by atoms with van der Waals surface area (Å²) in [5.74, 6) is 3.00. The number of rotatable bonds is 4. The van der Waals surface area contributed by atoms with Crippen molar-refractivity contribution in [2.24, 2.45) is 23.5 Å². The molecular weight excluding hydrogens is 257 g/mol. The van der Waals surface area contributed by atoms with Gasteiger partial charge in [0, 0.05) is 16.7 Å². The van der Waals surface area contributed by atoms with Crippen LogP contribution in [0.15, 0.2) is 29.2 Å². The molecule has 106 valence electrons. The Hall–Kier alpha value is -0.540. The van der Waals surface area contributed by atoms with Gasteiger partial charge in [0.1, 0.15) is 5.82 Å². The summed E-state index contributed by atoms with van der Waals surface area (Å²) in [4.78, 5) is 1.11. The minimum atomic E-state index is -0.177. The summed E-state index contributed by atoms with van der Waals surface area (Å²) >= 11 is 1.74. The average Bonchev–Trinajstić information content (AvgIpc) is 2.36. The molecule has 1 aliphatic rings. The molecule has 1 fully saturated rings. The topological polar surface area (TPSA) is 26.0 Å². The van der Waals surface area contributed by atoms with Crippen LogP contribution in [0.3, 0.4) is 0 Å². The SMILES string of the molecule is CC1CC(C)CC(C(N)CSc2ccc(F)cc2)C1. The maximum absolute atomic E-state index is 12.8. The van der Waals surface area contributed by atoms with Crippen LogP contribution in [-0.4, -0.2) is 11.8 Å². The molecule has 0 heterocycles. The third kappa shape index (κ3) is 4.50. The highest BCUT2D eigenvalue weighted by molar-refractivity contribution is 7.99. The summed E-state index contributed by atoms with van der Waals surface area (Å²) in [5.41, 5.74) is 6.36. The van der Waals surface area contributed by atoms with E-state index in [0.717, 1.165) is 22.5 Å². The van der Waals surface area contributed by atoms with E-state index in [-0.39, 0.29) is 11.9 Å². The van der Waals surface area contributed by atoms with Crippen molar-refractivity contribution >= 4 is 11.8 Å². The van der Waals surface area contributed by atoms with E-state index < -0.39 is 0 Å². The highest BCUT2D eigenvalue weighted by Crippen LogP contribution is 2.35. The van der Waals surface area contributed by atoms with Gasteiger partial charge in [0.05, 0.1) is 0 Å². The van der Waals surface area contributed by atoms with Crippen molar-refractivity contribution < 1.29 is 4.39 Å². The molecular formula is C16H24FNS. The minimum absolute atomic E-state index is 0.177. The van der Waals surface area contributed by atoms with Crippen LogP contribution in [0.25, 0.3) is 0 Å². The van der Waals surface area contributed by atoms with E-state index in [1.807, 2.05) is 12.1 Å². The molecule has 1 aromatic rings. The Balaban J connectivity index is 1.83. The van der Waals surface area contributed by atoms with Gasteiger partial charge in [-0.2, -0.15) is 0 Å². The summed E-state index contributed by atoms with van der Waals surface area (Å²) in [6.07, 6.45) is 3.86. The summed E-state index contributed by atoms with van der Waals surface area (Å²) in [6, 6.07) is 6.94. The highest BCUT2D eigenvalue weighted by atomic mass is 32.2. The van der Waals surface area contributed by atoms with Crippen LogP contribution in [0.2, 0.25) is 0 Å². The number of hydrogen-bond acceptors (Lipinski definition) is 2. The van der Waals surface area contributed by atoms with E-state index >= 15 is 0 Å². The third-order valence-electron chi connectivity index (χ3n) is 4.08. The number of nitrogens with two attached hydrogens (primary N) is 1. The van der Waals surface area contributed by atoms with Crippen molar-refractivity contribution in [3.05, 3.63) is 30.1 Å². The molecule has 0 aromatic heterocycles. The lowest BCUT2D eigenvalue weighted by Crippen LogP contribution is -2.37. The molecule has 1 aliphatic carbocycles. The largest absolute Gasteiger partial charge is 0.327 e. The lowest BCUT2D eigenvalue weighted by atomic mass is 9.74. The molecule has 0 saturated heterocycles. The molecule has 0 radical (unpaired) electrons. The van der Waals surface area contributed by atoms with Crippen molar-refractivity contribution in [2.45, 2.75) is 44.0 Å². The van der Waals surface area contributed by atoms with Crippen molar-refractivity contribution in [3.8, 4) is 0 Å². The summed E-state index contributed by atoms with van der Waals surface area (Å²) in [6.45, 7) is 4.67. The molecule has 1 nitrogen and oxygen atoms in total. The predicted octanol–water partition coefficient (Wildman–Crippen LogP) is 4.32. The van der Waals surface area contributed by atoms with E-state index in [4.69, 9.17) is 5.73 Å². The van der Waals surface area contributed by atoms with E-state index in [2.05, 4.69) is 13.8 Å². The number of benzene rings is 1. The Morgan fingerprint density at radius 3 is 2.32 bits per heavy atom. The number of hydrogen-bond donors (Lipinski definition) is 1. The molecule has 0 aliphatic heterocycles. The molecule has 2 rings (SSSR count). The zero-order chi connectivity index (χ0) is 13.8. The van der Waals surface area contributed by atoms with Crippen LogP contribution in [0, 0.1) is 23.6 Å². The molecule has 0 spiro atoms. The van der Waals surface area contributed by atoms with Crippen LogP contribution < -0.4 is 5.73 Å². The lowest BCUT2D eigenvalue weighted by molar-refractivity contribution is 0.200. The summed E-state index contributed by atoms with van der Waals surface area (Å²) < 4.78 is 12.8. The molecule has 0 amide bonds. The quantitative estimate of drug-likeness (QED) is 0.832. The van der Waals surface area contributed by atoms with Gasteiger partial charge < -0.3 is 5.73 Å². The van der Waals surface area contributed by atoms with Crippen LogP contribution in [0.5, 0.6) is 0 Å². The first-order chi connectivity index (χ1) is 9.04. The Labute approximate surface area is 120 Å². The van der Waals surface area contributed by atoms with Crippen molar-refractivity contribution in [1.29, 1.82) is 0 Å². The first-order valence-electron chi connectivity index (χ1n) is 7.18. The smallest absolute Gasteiger partial charge is 0.123 e. The molecule has 3 atom stereocenters. The maximum atomic E-state index is 12.8. The summed E-state index contributed by atoms with van der Waals surface area (Å²) in [5, 5.41) is 0. The van der Waals surface area contributed by atoms with Gasteiger partial charge in [-0.25, -0.2) is 4.39 Å². The van der Waals surface area contributed by atoms with Gasteiger partial charge in [-0.3, -0.25) is 0 Å². The van der Waals surface area contributed by atoms with Gasteiger partial charge in [0.15, 0.2) is 0 Å². The van der Waals surface area contributed by atoms with Gasteiger partial charge in [0.25, 0.3) is 0 Å². The van der Waals surface area contributed by atoms with Crippen LogP contribution in [0.4, 0.5) is 4.39 Å². The highest BCUT2D eigenvalue weighted by Gasteiger charge is 2.28. The molecule has 0 bridgehead atoms. The molecule has 3 heteroatoms. The predicted molar refractivity (Wildman–Crippen MR) is 80.8 cm³/mol. The van der Waals surface area contributed by atoms with E-state index in [1.54, 1.807) is 11.8 Å². The molecule has 3 unspecified atom stereocenters. The van der Waals surface area contributed by atoms with E-state index in [0.29, 0.717) is 5.92 Å². The minimum Gasteiger partial charge on any atom is -0.327 e. The Bertz CT molecular complexity index is 382. The monoisotopic (exact) mass is 281 g/mol. The van der Waals surface area contributed by atoms with Crippen molar-refractivity contribution in [2.75, 3.05) is 5.75 Å². The first-order valence-corrected chi connectivity index (χ1v) is 8.17. The fourth-order valence-electron chi connectivity index (χ4n) is 3.22. The van der Waals surface area contributed by atoms with Crippen molar-refractivity contribution in [1.82, 2.24) is 0 Å². The third-order valence-corrected chi connectivity index (χ3v) is 5.23. The van der Waals surface area contributed by atoms with Crippen LogP contribution in [0.1, 0.15) is 33.1 Å². The second-order valence-corrected chi connectivity index (χ2v) is 7.20. The molecule has 19 heavy (non-hydrogen) atoms. The Morgan fingerprint density at radius 2 is 1.74 bits per heavy atom. The van der Waals surface area contributed by atoms with Gasteiger partial charge in [-0.15, -0.1) is 11.8 Å². The normalized spacial score (nSPS) is 29.2. The average molecular weight is 281 g/mol. The Morgan fingerprint density at radius 1 is 1.16 bits per heavy atom. The standard InChI is InChI=1S/C16H24FNS/c1-11-7-12(2)9-13(8-11)16(18)10-19-15-5-3-14(17)4-6-15/h3-6,11-13,16H,7-10,18H2,1-2H3. The Kier molecular flexibility index (Phi) is 5.28. The van der Waals surface area contributed by atoms with Gasteiger partial charge >= 0.3 is 0 Å². The van der Waals surface area contributed by atoms with E-state index in [9.17, 15) is 4.39 Å². The number of thioether (sulfide) groups is 1. The second kappa shape index (κ2) is 6.76. The fraction of sp³-hybridized carbons (Fsp3) is 0.625. The fourth-order valence-corrected chi connectivity index (χ4v) is 4.20. The van der Waals surface area contributed by atoms with Crippen molar-refractivity contribution in [3.63, 3.8) is 0 Å². The first kappa shape index (κ1) is 14.9. The zero-order valence-corrected chi connectivity index (χ0v) is 12.6. The van der Waals surface area contributed by atoms with E-state index in [1.165, 1.54) is 31.4 Å². The van der Waals surface area contributed by atoms with Gasteiger partial charge in [-0.1, -0.05) is 13.8 Å². The number of halogens is 1. The van der Waals surface area contributed by atoms with Gasteiger partial charge in [-0.05, 0) is 61.3 Å². The van der Waals surface area contributed by atoms with Crippen LogP contribution >= 0.6 is 11.8 Å². The van der Waals surface area contributed by atoms with Crippen LogP contribution in [-0.2, 0) is 0 Å². The van der Waals surface area contributed by atoms with Gasteiger partial charge in [0.2, 0.25) is 0 Å². The lowest BCUT2D eigenvalue weighted by Gasteiger charge is -2.34.